The fourth-order valence-electron chi connectivity index (χ4n) is 1.64. The first-order valence-corrected chi connectivity index (χ1v) is 7.53. The predicted molar refractivity (Wildman–Crippen MR) is 88.0 cm³/mol. The summed E-state index contributed by atoms with van der Waals surface area (Å²) in [5, 5.41) is 15.6. The summed E-state index contributed by atoms with van der Waals surface area (Å²) >= 11 is 9.62. The van der Waals surface area contributed by atoms with Crippen LogP contribution in [0.15, 0.2) is 29.0 Å². The van der Waals surface area contributed by atoms with Crippen LogP contribution in [0.3, 0.4) is 0 Å². The van der Waals surface area contributed by atoms with Gasteiger partial charge < -0.3 is 10.6 Å². The molecule has 0 bridgehead atoms. The summed E-state index contributed by atoms with van der Waals surface area (Å²) in [6.45, 7) is 2.91. The predicted octanol–water partition coefficient (Wildman–Crippen LogP) is 4.33. The molecule has 7 heteroatoms. The molecular weight excluding hydrogens is 354 g/mol. The second kappa shape index (κ2) is 7.25. The van der Waals surface area contributed by atoms with Gasteiger partial charge in [-0.25, -0.2) is 9.97 Å². The summed E-state index contributed by atoms with van der Waals surface area (Å²) in [7, 11) is 0. The lowest BCUT2D eigenvalue weighted by Crippen LogP contribution is -2.05. The van der Waals surface area contributed by atoms with Gasteiger partial charge in [-0.2, -0.15) is 5.26 Å². The molecule has 0 aliphatic rings. The summed E-state index contributed by atoms with van der Waals surface area (Å²) < 4.78 is 0.735. The van der Waals surface area contributed by atoms with Crippen molar-refractivity contribution in [2.45, 2.75) is 13.3 Å². The Bertz CT molecular complexity index is 684. The van der Waals surface area contributed by atoms with Crippen LogP contribution in [0.1, 0.15) is 18.9 Å². The highest BCUT2D eigenvalue weighted by Crippen LogP contribution is 2.31. The zero-order chi connectivity index (χ0) is 15.2. The fraction of sp³-hybridized carbons (Fsp3) is 0.214. The van der Waals surface area contributed by atoms with Crippen molar-refractivity contribution in [2.24, 2.45) is 0 Å². The molecule has 0 fully saturated rings. The van der Waals surface area contributed by atoms with Gasteiger partial charge in [-0.3, -0.25) is 0 Å². The van der Waals surface area contributed by atoms with E-state index >= 15 is 0 Å². The van der Waals surface area contributed by atoms with E-state index in [-0.39, 0.29) is 0 Å². The highest BCUT2D eigenvalue weighted by Gasteiger charge is 2.10. The molecule has 21 heavy (non-hydrogen) atoms. The average Bonchev–Trinajstić information content (AvgIpc) is 2.50. The Balaban J connectivity index is 2.26. The van der Waals surface area contributed by atoms with Gasteiger partial charge in [0.15, 0.2) is 0 Å². The van der Waals surface area contributed by atoms with Gasteiger partial charge in [-0.1, -0.05) is 18.5 Å². The largest absolute Gasteiger partial charge is 0.369 e. The number of anilines is 3. The van der Waals surface area contributed by atoms with Gasteiger partial charge in [0.1, 0.15) is 22.4 Å². The lowest BCUT2D eigenvalue weighted by atomic mass is 10.2. The first kappa shape index (κ1) is 15.5. The summed E-state index contributed by atoms with van der Waals surface area (Å²) in [5.74, 6) is 1.33. The topological polar surface area (TPSA) is 73.6 Å². The lowest BCUT2D eigenvalue weighted by Gasteiger charge is -2.12. The average molecular weight is 367 g/mol. The van der Waals surface area contributed by atoms with Crippen molar-refractivity contribution < 1.29 is 0 Å². The van der Waals surface area contributed by atoms with Gasteiger partial charge >= 0.3 is 0 Å². The van der Waals surface area contributed by atoms with Crippen LogP contribution in [0.2, 0.25) is 5.02 Å². The molecule has 1 aromatic heterocycles. The molecule has 2 aromatic rings. The first-order valence-electron chi connectivity index (χ1n) is 6.36. The summed E-state index contributed by atoms with van der Waals surface area (Å²) in [6, 6.07) is 7.09. The number of hydrogen-bond donors (Lipinski definition) is 2. The Kier molecular flexibility index (Phi) is 5.37. The van der Waals surface area contributed by atoms with Gasteiger partial charge in [0, 0.05) is 6.54 Å². The molecule has 0 radical (unpaired) electrons. The molecule has 0 aliphatic heterocycles. The van der Waals surface area contributed by atoms with Crippen LogP contribution in [-0.2, 0) is 0 Å². The molecule has 0 aliphatic carbocycles. The van der Waals surface area contributed by atoms with E-state index in [1.54, 1.807) is 18.2 Å². The molecule has 2 N–H and O–H groups in total. The number of rotatable bonds is 5. The Morgan fingerprint density at radius 2 is 2.10 bits per heavy atom. The Morgan fingerprint density at radius 3 is 2.76 bits per heavy atom. The van der Waals surface area contributed by atoms with E-state index in [1.807, 2.05) is 6.07 Å². The van der Waals surface area contributed by atoms with E-state index in [1.165, 1.54) is 6.33 Å². The molecule has 2 rings (SSSR count). The molecular formula is C14H13BrClN5. The van der Waals surface area contributed by atoms with Gasteiger partial charge in [-0.05, 0) is 40.5 Å². The van der Waals surface area contributed by atoms with E-state index in [0.29, 0.717) is 22.1 Å². The molecule has 1 aromatic carbocycles. The van der Waals surface area contributed by atoms with Gasteiger partial charge in [0.05, 0.1) is 22.3 Å². The molecule has 108 valence electrons. The molecule has 0 unspecified atom stereocenters. The number of halogens is 2. The minimum Gasteiger partial charge on any atom is -0.369 e. The number of hydrogen-bond acceptors (Lipinski definition) is 5. The SMILES string of the molecule is CCCNc1ncnc(Nc2ccc(C#N)cc2Cl)c1Br. The van der Waals surface area contributed by atoms with E-state index in [0.717, 1.165) is 23.3 Å². The Labute approximate surface area is 136 Å². The molecule has 0 saturated heterocycles. The maximum atomic E-state index is 8.84. The monoisotopic (exact) mass is 365 g/mol. The van der Waals surface area contributed by atoms with Gasteiger partial charge in [0.2, 0.25) is 0 Å². The number of benzene rings is 1. The zero-order valence-electron chi connectivity index (χ0n) is 11.3. The van der Waals surface area contributed by atoms with Crippen LogP contribution in [0.25, 0.3) is 0 Å². The molecule has 5 nitrogen and oxygen atoms in total. The summed E-state index contributed by atoms with van der Waals surface area (Å²) in [6.07, 6.45) is 2.48. The van der Waals surface area contributed by atoms with Crippen molar-refractivity contribution in [3.05, 3.63) is 39.6 Å². The standard InChI is InChI=1S/C14H13BrClN5/c1-2-5-18-13-12(15)14(20-8-19-13)21-11-4-3-9(7-17)6-10(11)16/h3-4,6,8H,2,5H2,1H3,(H2,18,19,20,21). The van der Waals surface area contributed by atoms with E-state index < -0.39 is 0 Å². The fourth-order valence-corrected chi connectivity index (χ4v) is 2.31. The van der Waals surface area contributed by atoms with Crippen molar-refractivity contribution >= 4 is 44.9 Å². The number of nitrogens with zero attached hydrogens (tertiary/aromatic N) is 3. The van der Waals surface area contributed by atoms with Crippen molar-refractivity contribution in [3.63, 3.8) is 0 Å². The molecule has 1 heterocycles. The lowest BCUT2D eigenvalue weighted by molar-refractivity contribution is 0.962. The third kappa shape index (κ3) is 3.84. The third-order valence-electron chi connectivity index (χ3n) is 2.68. The smallest absolute Gasteiger partial charge is 0.150 e. The minimum absolute atomic E-state index is 0.461. The van der Waals surface area contributed by atoms with Crippen molar-refractivity contribution in [1.82, 2.24) is 9.97 Å². The van der Waals surface area contributed by atoms with Crippen molar-refractivity contribution in [2.75, 3.05) is 17.2 Å². The second-order valence-corrected chi connectivity index (χ2v) is 5.44. The molecule has 0 atom stereocenters. The van der Waals surface area contributed by atoms with Gasteiger partial charge in [-0.15, -0.1) is 0 Å². The van der Waals surface area contributed by atoms with Crippen LogP contribution < -0.4 is 10.6 Å². The highest BCUT2D eigenvalue weighted by atomic mass is 79.9. The zero-order valence-corrected chi connectivity index (χ0v) is 13.7. The highest BCUT2D eigenvalue weighted by molar-refractivity contribution is 9.10. The minimum atomic E-state index is 0.461. The molecule has 0 spiro atoms. The quantitative estimate of drug-likeness (QED) is 0.824. The molecule has 0 saturated carbocycles. The third-order valence-corrected chi connectivity index (χ3v) is 3.75. The summed E-state index contributed by atoms with van der Waals surface area (Å²) in [5.41, 5.74) is 1.19. The summed E-state index contributed by atoms with van der Waals surface area (Å²) in [4.78, 5) is 8.38. The van der Waals surface area contributed by atoms with Crippen molar-refractivity contribution in [3.8, 4) is 6.07 Å². The van der Waals surface area contributed by atoms with Gasteiger partial charge in [0.25, 0.3) is 0 Å². The van der Waals surface area contributed by atoms with Crippen LogP contribution in [0, 0.1) is 11.3 Å². The van der Waals surface area contributed by atoms with Crippen molar-refractivity contribution in [1.29, 1.82) is 5.26 Å². The normalized spacial score (nSPS) is 10.0. The number of aromatic nitrogens is 2. The number of nitriles is 1. The van der Waals surface area contributed by atoms with Crippen LogP contribution in [0.4, 0.5) is 17.3 Å². The second-order valence-electron chi connectivity index (χ2n) is 4.24. The van der Waals surface area contributed by atoms with Crippen LogP contribution in [0.5, 0.6) is 0 Å². The molecule has 0 amide bonds. The van der Waals surface area contributed by atoms with Crippen LogP contribution >= 0.6 is 27.5 Å². The van der Waals surface area contributed by atoms with Crippen LogP contribution in [-0.4, -0.2) is 16.5 Å². The Hall–Kier alpha value is -1.84. The first-order chi connectivity index (χ1) is 10.2. The number of nitrogens with one attached hydrogen (secondary N) is 2. The van der Waals surface area contributed by atoms with E-state index in [4.69, 9.17) is 16.9 Å². The van der Waals surface area contributed by atoms with E-state index in [2.05, 4.69) is 43.5 Å². The maximum absolute atomic E-state index is 8.84. The Morgan fingerprint density at radius 1 is 1.33 bits per heavy atom. The van der Waals surface area contributed by atoms with E-state index in [9.17, 15) is 0 Å². The maximum Gasteiger partial charge on any atom is 0.150 e.